The average Bonchev–Trinajstić information content (AvgIpc) is 3.41. The van der Waals surface area contributed by atoms with Gasteiger partial charge in [0.15, 0.2) is 0 Å². The van der Waals surface area contributed by atoms with E-state index in [1.165, 1.54) is 16.8 Å². The van der Waals surface area contributed by atoms with E-state index in [-0.39, 0.29) is 24.8 Å². The van der Waals surface area contributed by atoms with E-state index in [4.69, 9.17) is 9.47 Å². The van der Waals surface area contributed by atoms with Crippen molar-refractivity contribution in [3.63, 3.8) is 0 Å². The van der Waals surface area contributed by atoms with Gasteiger partial charge in [0.25, 0.3) is 5.91 Å². The monoisotopic (exact) mass is 513 g/mol. The number of fused-ring (bicyclic) bond motifs is 2. The van der Waals surface area contributed by atoms with Crippen LogP contribution in [-0.2, 0) is 23.9 Å². The minimum Gasteiger partial charge on any atom is -0.444 e. The number of hydrogen-bond donors (Lipinski definition) is 2. The molecule has 0 unspecified atom stereocenters. The van der Waals surface area contributed by atoms with Gasteiger partial charge in [-0.2, -0.15) is 0 Å². The van der Waals surface area contributed by atoms with Crippen LogP contribution in [0, 0.1) is 0 Å². The van der Waals surface area contributed by atoms with Crippen molar-refractivity contribution in [3.8, 4) is 0 Å². The first kappa shape index (κ1) is 26.5. The Labute approximate surface area is 216 Å². The minimum atomic E-state index is -0.882. The van der Waals surface area contributed by atoms with Crippen molar-refractivity contribution in [3.05, 3.63) is 36.5 Å². The summed E-state index contributed by atoms with van der Waals surface area (Å²) in [6.45, 7) is 7.04. The maximum Gasteiger partial charge on any atom is 0.410 e. The maximum atomic E-state index is 13.5. The summed E-state index contributed by atoms with van der Waals surface area (Å²) in [5.41, 5.74) is 3.02. The van der Waals surface area contributed by atoms with Crippen LogP contribution in [0.3, 0.4) is 0 Å². The van der Waals surface area contributed by atoms with Crippen molar-refractivity contribution in [2.45, 2.75) is 76.9 Å². The summed E-state index contributed by atoms with van der Waals surface area (Å²) in [5.74, 6) is -1.20. The molecule has 2 fully saturated rings. The number of nitrogens with one attached hydrogen (secondary N) is 2. The van der Waals surface area contributed by atoms with Gasteiger partial charge in [-0.15, -0.1) is 0 Å². The van der Waals surface area contributed by atoms with Crippen LogP contribution in [0.15, 0.2) is 36.5 Å². The van der Waals surface area contributed by atoms with E-state index < -0.39 is 42.0 Å². The molecule has 11 heteroatoms. The van der Waals surface area contributed by atoms with Gasteiger partial charge < -0.3 is 19.7 Å². The Morgan fingerprint density at radius 2 is 1.86 bits per heavy atom. The molecule has 2 saturated heterocycles. The highest BCUT2D eigenvalue weighted by Crippen LogP contribution is 2.29. The van der Waals surface area contributed by atoms with E-state index in [2.05, 4.69) is 10.7 Å². The maximum absolute atomic E-state index is 13.5. The van der Waals surface area contributed by atoms with E-state index in [1.54, 1.807) is 38.6 Å². The summed E-state index contributed by atoms with van der Waals surface area (Å²) in [6, 6.07) is 7.06. The molecule has 1 aromatic carbocycles. The molecule has 2 N–H and O–H groups in total. The Bertz CT molecular complexity index is 1190. The summed E-state index contributed by atoms with van der Waals surface area (Å²) >= 11 is 0. The summed E-state index contributed by atoms with van der Waals surface area (Å²) < 4.78 is 12.9. The van der Waals surface area contributed by atoms with Gasteiger partial charge in [0.2, 0.25) is 11.8 Å². The molecule has 37 heavy (non-hydrogen) atoms. The molecular weight excluding hydrogens is 478 g/mol. The van der Waals surface area contributed by atoms with E-state index in [0.29, 0.717) is 12.8 Å². The lowest BCUT2D eigenvalue weighted by Crippen LogP contribution is -2.56. The third kappa shape index (κ3) is 5.71. The molecule has 11 nitrogen and oxygen atoms in total. The lowest BCUT2D eigenvalue weighted by atomic mass is 10.1. The second kappa shape index (κ2) is 10.4. The molecule has 2 aliphatic heterocycles. The van der Waals surface area contributed by atoms with E-state index >= 15 is 0 Å². The Morgan fingerprint density at radius 1 is 1.14 bits per heavy atom. The number of carbonyl (C=O) groups is 4. The number of para-hydroxylation sites is 1. The predicted molar refractivity (Wildman–Crippen MR) is 136 cm³/mol. The van der Waals surface area contributed by atoms with Crippen LogP contribution in [0.5, 0.6) is 0 Å². The third-order valence-corrected chi connectivity index (χ3v) is 6.69. The fourth-order valence-corrected chi connectivity index (χ4v) is 4.59. The first-order chi connectivity index (χ1) is 17.5. The number of aromatic nitrogens is 1. The highest BCUT2D eigenvalue weighted by atomic mass is 16.6. The number of carbonyl (C=O) groups excluding carboxylic acids is 4. The summed E-state index contributed by atoms with van der Waals surface area (Å²) in [7, 11) is 1.47. The molecule has 200 valence electrons. The SMILES string of the molecule is C[C@@H](C(=O)N[C@H]1CCO[C@H]2CC[C@H](C(=O)Nn3ccc4ccccc43)N2C1=O)N(C)C(=O)OC(C)(C)C. The average molecular weight is 514 g/mol. The van der Waals surface area contributed by atoms with Crippen LogP contribution in [0.25, 0.3) is 10.9 Å². The van der Waals surface area contributed by atoms with E-state index in [1.807, 2.05) is 30.3 Å². The van der Waals surface area contributed by atoms with Gasteiger partial charge in [0, 0.05) is 25.1 Å². The summed E-state index contributed by atoms with van der Waals surface area (Å²) in [5, 5.41) is 3.73. The van der Waals surface area contributed by atoms with Gasteiger partial charge in [-0.25, -0.2) is 4.79 Å². The zero-order valence-electron chi connectivity index (χ0n) is 21.9. The lowest BCUT2D eigenvalue weighted by Gasteiger charge is -2.31. The van der Waals surface area contributed by atoms with Crippen LogP contribution in [0.2, 0.25) is 0 Å². The van der Waals surface area contributed by atoms with Crippen molar-refractivity contribution < 1.29 is 28.7 Å². The zero-order chi connectivity index (χ0) is 26.9. The number of likely N-dealkylation sites (N-methyl/N-ethyl adjacent to an activating group) is 1. The molecule has 2 aromatic rings. The molecule has 4 atom stereocenters. The molecule has 4 amide bonds. The van der Waals surface area contributed by atoms with Gasteiger partial charge in [0.05, 0.1) is 12.1 Å². The van der Waals surface area contributed by atoms with Gasteiger partial charge in [-0.3, -0.25) is 29.4 Å². The number of benzene rings is 1. The first-order valence-electron chi connectivity index (χ1n) is 12.5. The Hall–Kier alpha value is -3.60. The third-order valence-electron chi connectivity index (χ3n) is 6.69. The molecule has 0 aliphatic carbocycles. The van der Waals surface area contributed by atoms with Crippen LogP contribution in [-0.4, -0.2) is 81.9 Å². The Balaban J connectivity index is 1.44. The fourth-order valence-electron chi connectivity index (χ4n) is 4.59. The van der Waals surface area contributed by atoms with Crippen molar-refractivity contribution in [2.24, 2.45) is 0 Å². The van der Waals surface area contributed by atoms with Crippen LogP contribution in [0.1, 0.15) is 47.0 Å². The van der Waals surface area contributed by atoms with Crippen LogP contribution < -0.4 is 10.7 Å². The van der Waals surface area contributed by atoms with Crippen molar-refractivity contribution in [1.29, 1.82) is 0 Å². The molecule has 2 aliphatic rings. The number of rotatable bonds is 5. The smallest absolute Gasteiger partial charge is 0.410 e. The predicted octanol–water partition coefficient (Wildman–Crippen LogP) is 2.19. The van der Waals surface area contributed by atoms with Gasteiger partial charge in [0.1, 0.15) is 30.0 Å². The van der Waals surface area contributed by atoms with E-state index in [0.717, 1.165) is 10.9 Å². The normalized spacial score (nSPS) is 22.7. The van der Waals surface area contributed by atoms with Crippen molar-refractivity contribution in [1.82, 2.24) is 19.8 Å². The van der Waals surface area contributed by atoms with Gasteiger partial charge in [-0.1, -0.05) is 18.2 Å². The molecule has 0 bridgehead atoms. The zero-order valence-corrected chi connectivity index (χ0v) is 21.9. The number of ether oxygens (including phenoxy) is 2. The number of hydrogen-bond acceptors (Lipinski definition) is 6. The molecule has 0 saturated carbocycles. The first-order valence-corrected chi connectivity index (χ1v) is 12.5. The van der Waals surface area contributed by atoms with Gasteiger partial charge in [-0.05, 0) is 52.7 Å². The largest absolute Gasteiger partial charge is 0.444 e. The topological polar surface area (TPSA) is 122 Å². The minimum absolute atomic E-state index is 0.255. The highest BCUT2D eigenvalue weighted by molar-refractivity contribution is 5.97. The van der Waals surface area contributed by atoms with Crippen molar-refractivity contribution >= 4 is 34.7 Å². The van der Waals surface area contributed by atoms with Crippen LogP contribution in [0.4, 0.5) is 4.79 Å². The molecule has 1 aromatic heterocycles. The highest BCUT2D eigenvalue weighted by Gasteiger charge is 2.46. The fraction of sp³-hybridized carbons (Fsp3) is 0.538. The molecular formula is C26H35N5O6. The quantitative estimate of drug-likeness (QED) is 0.632. The second-order valence-corrected chi connectivity index (χ2v) is 10.5. The molecule has 0 spiro atoms. The standard InChI is InChI=1S/C26H35N5O6/c1-16(29(5)25(35)37-26(2,3)4)22(32)27-18-13-15-36-21-11-10-20(31(21)24(18)34)23(33)28-30-14-12-17-8-6-7-9-19(17)30/h6-9,12,14,16,18,20-21H,10-11,13,15H2,1-5H3,(H,27,32)(H,28,33)/t16-,18-,20+,21-/m0/s1. The number of amides is 4. The van der Waals surface area contributed by atoms with Crippen molar-refractivity contribution in [2.75, 3.05) is 19.1 Å². The number of nitrogens with zero attached hydrogens (tertiary/aromatic N) is 3. The molecule has 0 radical (unpaired) electrons. The summed E-state index contributed by atoms with van der Waals surface area (Å²) in [6.07, 6.45) is 1.82. The summed E-state index contributed by atoms with van der Waals surface area (Å²) in [4.78, 5) is 54.8. The molecule has 3 heterocycles. The lowest BCUT2D eigenvalue weighted by molar-refractivity contribution is -0.147. The molecule has 4 rings (SSSR count). The Morgan fingerprint density at radius 3 is 2.59 bits per heavy atom. The Kier molecular flexibility index (Phi) is 7.44. The second-order valence-electron chi connectivity index (χ2n) is 10.5. The van der Waals surface area contributed by atoms with Crippen LogP contribution >= 0.6 is 0 Å². The van der Waals surface area contributed by atoms with E-state index in [9.17, 15) is 19.2 Å². The van der Waals surface area contributed by atoms with Gasteiger partial charge >= 0.3 is 6.09 Å².